The van der Waals surface area contributed by atoms with Crippen molar-refractivity contribution in [3.8, 4) is 5.75 Å². The molecule has 2 aliphatic carbocycles. The first-order chi connectivity index (χ1) is 23.5. The minimum atomic E-state index is -4.85. The third-order valence-electron chi connectivity index (χ3n) is 10.5. The van der Waals surface area contributed by atoms with Gasteiger partial charge in [-0.1, -0.05) is 47.0 Å². The third-order valence-corrected chi connectivity index (χ3v) is 11.1. The van der Waals surface area contributed by atoms with Crippen LogP contribution in [0.3, 0.4) is 0 Å². The molecule has 0 spiro atoms. The van der Waals surface area contributed by atoms with Crippen LogP contribution in [0.25, 0.3) is 0 Å². The fourth-order valence-corrected chi connectivity index (χ4v) is 8.59. The number of pyridine rings is 1. The molecule has 1 aromatic heterocycles. The van der Waals surface area contributed by atoms with Crippen LogP contribution in [0.2, 0.25) is 10.0 Å². The zero-order valence-electron chi connectivity index (χ0n) is 26.0. The topological polar surface area (TPSA) is 111 Å². The van der Waals surface area contributed by atoms with Crippen LogP contribution in [0.5, 0.6) is 5.75 Å². The van der Waals surface area contributed by atoms with Gasteiger partial charge in [-0.3, -0.25) is 24.2 Å². The summed E-state index contributed by atoms with van der Waals surface area (Å²) in [6, 6.07) is 8.65. The number of carbonyl (C=O) groups excluding carboxylic acids is 4. The highest BCUT2D eigenvalue weighted by Gasteiger charge is 2.68. The van der Waals surface area contributed by atoms with Gasteiger partial charge in [-0.05, 0) is 62.1 Å². The number of benzene rings is 2. The number of phenols is 1. The number of hydrogen-bond acceptors (Lipinski definition) is 7. The molecule has 6 unspecified atom stereocenters. The van der Waals surface area contributed by atoms with Gasteiger partial charge < -0.3 is 5.11 Å². The van der Waals surface area contributed by atoms with E-state index in [1.807, 2.05) is 0 Å². The fourth-order valence-electron chi connectivity index (χ4n) is 8.18. The molecule has 2 aromatic carbocycles. The Morgan fingerprint density at radius 1 is 0.940 bits per heavy atom. The summed E-state index contributed by atoms with van der Waals surface area (Å²) in [6.07, 6.45) is -3.40. The molecule has 3 aromatic rings. The Balaban J connectivity index is 1.34. The van der Waals surface area contributed by atoms with Crippen LogP contribution in [-0.4, -0.2) is 45.8 Å². The number of aromatic hydroxyl groups is 1. The Kier molecular flexibility index (Phi) is 7.79. The number of carbonyl (C=O) groups is 4. The Morgan fingerprint density at radius 2 is 1.66 bits per heavy atom. The maximum Gasteiger partial charge on any atom is 0.433 e. The first-order valence-corrected chi connectivity index (χ1v) is 16.1. The monoisotopic (exact) mass is 734 g/mol. The molecule has 7 rings (SSSR count). The predicted molar refractivity (Wildman–Crippen MR) is 169 cm³/mol. The van der Waals surface area contributed by atoms with Crippen LogP contribution in [0, 0.1) is 40.7 Å². The molecule has 6 atom stereocenters. The number of imide groups is 2. The molecule has 1 N–H and O–H groups in total. The highest BCUT2D eigenvalue weighted by Crippen LogP contribution is 2.64. The zero-order chi connectivity index (χ0) is 36.2. The van der Waals surface area contributed by atoms with Crippen LogP contribution in [0.1, 0.15) is 36.9 Å². The van der Waals surface area contributed by atoms with Crippen LogP contribution >= 0.6 is 23.2 Å². The second kappa shape index (κ2) is 11.5. The molecular formula is C34H25Cl2F5N4O5. The number of aromatic nitrogens is 1. The minimum absolute atomic E-state index is 0.0237. The van der Waals surface area contributed by atoms with Crippen molar-refractivity contribution in [2.45, 2.75) is 31.9 Å². The molecule has 260 valence electrons. The highest BCUT2D eigenvalue weighted by atomic mass is 35.5. The van der Waals surface area contributed by atoms with E-state index in [0.717, 1.165) is 34.2 Å². The van der Waals surface area contributed by atoms with Gasteiger partial charge in [-0.2, -0.15) is 18.2 Å². The number of anilines is 2. The van der Waals surface area contributed by atoms with Gasteiger partial charge >= 0.3 is 6.18 Å². The third kappa shape index (κ3) is 4.74. The molecule has 50 heavy (non-hydrogen) atoms. The van der Waals surface area contributed by atoms with Crippen molar-refractivity contribution >= 4 is 58.3 Å². The maximum atomic E-state index is 14.9. The van der Waals surface area contributed by atoms with E-state index >= 15 is 0 Å². The average molecular weight is 735 g/mol. The van der Waals surface area contributed by atoms with Gasteiger partial charge in [-0.15, -0.1) is 0 Å². The van der Waals surface area contributed by atoms with E-state index in [0.29, 0.717) is 16.6 Å². The number of fused-ring (bicyclic) bond motifs is 4. The molecule has 4 aliphatic rings. The van der Waals surface area contributed by atoms with Gasteiger partial charge in [0.2, 0.25) is 11.8 Å². The number of amides is 4. The second-order valence-corrected chi connectivity index (χ2v) is 13.8. The van der Waals surface area contributed by atoms with E-state index in [-0.39, 0.29) is 34.1 Å². The molecule has 3 heterocycles. The first kappa shape index (κ1) is 33.9. The van der Waals surface area contributed by atoms with Gasteiger partial charge in [-0.25, -0.2) is 18.7 Å². The minimum Gasteiger partial charge on any atom is -0.505 e. The van der Waals surface area contributed by atoms with Crippen LogP contribution in [-0.2, 0) is 25.4 Å². The first-order valence-electron chi connectivity index (χ1n) is 15.3. The van der Waals surface area contributed by atoms with E-state index in [2.05, 4.69) is 4.98 Å². The quantitative estimate of drug-likeness (QED) is 0.181. The van der Waals surface area contributed by atoms with Crippen molar-refractivity contribution in [3.63, 3.8) is 0 Å². The molecule has 2 aliphatic heterocycles. The van der Waals surface area contributed by atoms with Crippen molar-refractivity contribution < 1.29 is 46.2 Å². The molecule has 9 nitrogen and oxygen atoms in total. The number of allylic oxidation sites excluding steroid dienone is 2. The molecule has 3 fully saturated rings. The lowest BCUT2D eigenvalue weighted by Gasteiger charge is -2.49. The number of para-hydroxylation sites is 1. The molecule has 2 saturated heterocycles. The summed E-state index contributed by atoms with van der Waals surface area (Å²) in [5.41, 5.74) is -2.60. The van der Waals surface area contributed by atoms with Gasteiger partial charge in [0.15, 0.2) is 17.4 Å². The van der Waals surface area contributed by atoms with Gasteiger partial charge in [0.25, 0.3) is 11.8 Å². The SMILES string of the molecule is CN(c1nc(C(F)(F)F)ccc1Cl)N1C(=O)C2CC=C3C(CC4C(=O)N(c5ccc(F)c(Cl)c5)C(=O)C4(C)C3c3cccc(F)c3O)C2C1=O. The Bertz CT molecular complexity index is 2060. The summed E-state index contributed by atoms with van der Waals surface area (Å²) < 4.78 is 69.6. The van der Waals surface area contributed by atoms with Crippen molar-refractivity contribution in [1.82, 2.24) is 9.99 Å². The number of hydrogen-bond donors (Lipinski definition) is 1. The maximum absolute atomic E-state index is 14.9. The number of hydrazine groups is 1. The molecular weight excluding hydrogens is 710 g/mol. The van der Waals surface area contributed by atoms with Gasteiger partial charge in [0.1, 0.15) is 11.5 Å². The lowest BCUT2D eigenvalue weighted by molar-refractivity contribution is -0.141. The zero-order valence-corrected chi connectivity index (χ0v) is 27.5. The average Bonchev–Trinajstić information content (AvgIpc) is 3.42. The van der Waals surface area contributed by atoms with Crippen LogP contribution in [0.15, 0.2) is 60.2 Å². The molecule has 0 radical (unpaired) electrons. The van der Waals surface area contributed by atoms with E-state index in [4.69, 9.17) is 23.2 Å². The van der Waals surface area contributed by atoms with Crippen molar-refractivity contribution in [3.05, 3.63) is 93.1 Å². The number of nitrogens with zero attached hydrogens (tertiary/aromatic N) is 4. The number of rotatable bonds is 4. The highest BCUT2D eigenvalue weighted by molar-refractivity contribution is 6.33. The summed E-state index contributed by atoms with van der Waals surface area (Å²) in [4.78, 5) is 61.2. The summed E-state index contributed by atoms with van der Waals surface area (Å²) in [5, 5.41) is 11.9. The van der Waals surface area contributed by atoms with Crippen LogP contribution < -0.4 is 9.91 Å². The van der Waals surface area contributed by atoms with Crippen molar-refractivity contribution in [2.24, 2.45) is 29.1 Å². The fraction of sp³-hybridized carbons (Fsp3) is 0.324. The predicted octanol–water partition coefficient (Wildman–Crippen LogP) is 6.67. The van der Waals surface area contributed by atoms with Crippen molar-refractivity contribution in [2.75, 3.05) is 17.0 Å². The van der Waals surface area contributed by atoms with E-state index in [1.54, 1.807) is 6.08 Å². The number of alkyl halides is 3. The van der Waals surface area contributed by atoms with Crippen LogP contribution in [0.4, 0.5) is 33.5 Å². The summed E-state index contributed by atoms with van der Waals surface area (Å²) in [7, 11) is 1.17. The summed E-state index contributed by atoms with van der Waals surface area (Å²) in [6.45, 7) is 1.50. The Labute approximate surface area is 290 Å². The summed E-state index contributed by atoms with van der Waals surface area (Å²) >= 11 is 12.2. The Morgan fingerprint density at radius 3 is 2.34 bits per heavy atom. The summed E-state index contributed by atoms with van der Waals surface area (Å²) in [5.74, 6) is -11.5. The van der Waals surface area contributed by atoms with Gasteiger partial charge in [0.05, 0.1) is 38.9 Å². The normalized spacial score (nSPS) is 27.7. The largest absolute Gasteiger partial charge is 0.505 e. The number of halogens is 7. The molecule has 4 amide bonds. The van der Waals surface area contributed by atoms with Crippen molar-refractivity contribution in [1.29, 1.82) is 0 Å². The van der Waals surface area contributed by atoms with E-state index in [9.17, 15) is 46.2 Å². The smallest absolute Gasteiger partial charge is 0.433 e. The molecule has 1 saturated carbocycles. The van der Waals surface area contributed by atoms with E-state index in [1.165, 1.54) is 32.2 Å². The molecule has 16 heteroatoms. The Hall–Kier alpha value is -4.56. The lowest BCUT2D eigenvalue weighted by atomic mass is 9.51. The second-order valence-electron chi connectivity index (χ2n) is 12.9. The standard InChI is InChI=1S/C34H25Cl2F5N4O5/c1-33-19(30(48)44(32(33)50)14-6-10-22(37)21(36)12-14)13-18-15(26(33)17-4-3-5-23(38)27(17)46)7-8-16-25(18)31(49)45(29(16)47)43(2)28-20(35)9-11-24(42-28)34(39,40)41/h3-7,9-12,16,18-19,25-26,46H,8,13H2,1-2H3. The lowest BCUT2D eigenvalue weighted by Crippen LogP contribution is -2.49. The number of phenolic OH excluding ortho intramolecular Hbond substituents is 1. The molecule has 0 bridgehead atoms. The van der Waals surface area contributed by atoms with Gasteiger partial charge in [0, 0.05) is 18.5 Å². The van der Waals surface area contributed by atoms with E-state index < -0.39 is 93.7 Å².